The monoisotopic (exact) mass is 518 g/mol. The molecule has 2 fully saturated rings. The van der Waals surface area contributed by atoms with Crippen molar-refractivity contribution in [3.05, 3.63) is 41.8 Å². The number of pyridine rings is 2. The Morgan fingerprint density at radius 1 is 1.20 bits per heavy atom. The molecule has 5 heterocycles. The number of aromatic nitrogens is 3. The van der Waals surface area contributed by atoms with E-state index in [0.717, 1.165) is 23.4 Å². The minimum absolute atomic E-state index is 0.0880. The van der Waals surface area contributed by atoms with Crippen molar-refractivity contribution in [3.8, 4) is 17.0 Å². The summed E-state index contributed by atoms with van der Waals surface area (Å²) in [5, 5.41) is 7.69. The van der Waals surface area contributed by atoms with Gasteiger partial charge in [-0.25, -0.2) is 12.9 Å². The lowest BCUT2D eigenvalue weighted by molar-refractivity contribution is -0.119. The first-order chi connectivity index (χ1) is 16.8. The molecule has 1 N–H and O–H groups in total. The van der Waals surface area contributed by atoms with E-state index < -0.39 is 10.0 Å². The number of anilines is 1. The number of hydrogen-bond donors (Lipinski definition) is 1. The zero-order valence-electron chi connectivity index (χ0n) is 19.4. The molecule has 1 amide bonds. The van der Waals surface area contributed by atoms with E-state index in [9.17, 15) is 13.2 Å². The van der Waals surface area contributed by atoms with Gasteiger partial charge in [-0.3, -0.25) is 9.78 Å². The zero-order chi connectivity index (χ0) is 24.6. The maximum Gasteiger partial charge on any atom is 0.220 e. The van der Waals surface area contributed by atoms with Crippen LogP contribution in [0.15, 0.2) is 36.8 Å². The van der Waals surface area contributed by atoms with Crippen LogP contribution >= 0.6 is 11.6 Å². The number of piperazine rings is 1. The molecule has 0 saturated carbocycles. The van der Waals surface area contributed by atoms with Crippen LogP contribution in [0.2, 0.25) is 5.02 Å². The Morgan fingerprint density at radius 2 is 2.00 bits per heavy atom. The van der Waals surface area contributed by atoms with Gasteiger partial charge in [0.2, 0.25) is 15.9 Å². The van der Waals surface area contributed by atoms with Crippen LogP contribution in [0, 0.1) is 5.92 Å². The molecular formula is C23H27ClN6O4S. The van der Waals surface area contributed by atoms with Crippen molar-refractivity contribution in [1.82, 2.24) is 24.2 Å². The third kappa shape index (κ3) is 5.21. The Balaban J connectivity index is 1.31. The van der Waals surface area contributed by atoms with Crippen LogP contribution in [-0.2, 0) is 14.8 Å². The Kier molecular flexibility index (Phi) is 6.56. The van der Waals surface area contributed by atoms with Gasteiger partial charge in [-0.1, -0.05) is 11.6 Å². The van der Waals surface area contributed by atoms with Crippen molar-refractivity contribution in [3.63, 3.8) is 0 Å². The van der Waals surface area contributed by atoms with Gasteiger partial charge in [0, 0.05) is 50.9 Å². The second-order valence-electron chi connectivity index (χ2n) is 8.94. The molecule has 0 unspecified atom stereocenters. The quantitative estimate of drug-likeness (QED) is 0.509. The van der Waals surface area contributed by atoms with Crippen LogP contribution in [0.3, 0.4) is 0 Å². The number of nitrogens with zero attached hydrogens (tertiary/aromatic N) is 5. The standard InChI is InChI=1S/C23H27ClN6O4S/c1-35(32,33)29-7-5-28(6-8-29)18-2-3-20(25-13-18)17-11-21(23-19(24)14-27-30(23)15-17)34-9-4-16-10-22(31)26-12-16/h2-3,11,13-16H,4-10,12H2,1H3,(H,26,31)/t16-/m1/s1. The molecule has 2 aliphatic heterocycles. The summed E-state index contributed by atoms with van der Waals surface area (Å²) in [4.78, 5) is 18.2. The predicted molar refractivity (Wildman–Crippen MR) is 133 cm³/mol. The topological polar surface area (TPSA) is 109 Å². The van der Waals surface area contributed by atoms with Crippen molar-refractivity contribution in [2.24, 2.45) is 5.92 Å². The molecule has 0 radical (unpaired) electrons. The molecule has 3 aromatic heterocycles. The lowest BCUT2D eigenvalue weighted by Crippen LogP contribution is -2.48. The lowest BCUT2D eigenvalue weighted by Gasteiger charge is -2.34. The van der Waals surface area contributed by atoms with E-state index in [0.29, 0.717) is 62.0 Å². The average Bonchev–Trinajstić information content (AvgIpc) is 3.44. The van der Waals surface area contributed by atoms with E-state index in [-0.39, 0.29) is 11.8 Å². The maximum absolute atomic E-state index is 11.8. The van der Waals surface area contributed by atoms with E-state index in [1.807, 2.05) is 24.4 Å². The number of hydrogen-bond acceptors (Lipinski definition) is 7. The molecule has 35 heavy (non-hydrogen) atoms. The van der Waals surface area contributed by atoms with Gasteiger partial charge in [0.25, 0.3) is 0 Å². The molecule has 3 aromatic rings. The van der Waals surface area contributed by atoms with E-state index in [1.165, 1.54) is 10.6 Å². The van der Waals surface area contributed by atoms with Crippen LogP contribution in [-0.4, -0.2) is 78.8 Å². The van der Waals surface area contributed by atoms with Gasteiger partial charge in [-0.2, -0.15) is 9.40 Å². The first kappa shape index (κ1) is 23.8. The van der Waals surface area contributed by atoms with Crippen molar-refractivity contribution < 1.29 is 17.9 Å². The molecule has 0 bridgehead atoms. The number of halogens is 1. The first-order valence-electron chi connectivity index (χ1n) is 11.5. The minimum Gasteiger partial charge on any atom is -0.491 e. The highest BCUT2D eigenvalue weighted by atomic mass is 35.5. The second kappa shape index (κ2) is 9.63. The third-order valence-corrected chi connectivity index (χ3v) is 8.07. The van der Waals surface area contributed by atoms with Gasteiger partial charge in [0.05, 0.1) is 41.7 Å². The number of sulfonamides is 1. The Labute approximate surface area is 208 Å². The molecule has 1 atom stereocenters. The number of ether oxygens (including phenoxy) is 1. The van der Waals surface area contributed by atoms with Crippen LogP contribution in [0.4, 0.5) is 5.69 Å². The molecule has 0 spiro atoms. The molecule has 0 aromatic carbocycles. The van der Waals surface area contributed by atoms with Gasteiger partial charge < -0.3 is 15.0 Å². The molecule has 0 aliphatic carbocycles. The van der Waals surface area contributed by atoms with Gasteiger partial charge in [-0.05, 0) is 30.5 Å². The SMILES string of the molecule is CS(=O)(=O)N1CCN(c2ccc(-c3cc(OCC[C@H]4CNC(=O)C4)c4c(Cl)cnn4c3)nc2)CC1. The number of fused-ring (bicyclic) bond motifs is 1. The number of nitrogens with one attached hydrogen (secondary N) is 1. The smallest absolute Gasteiger partial charge is 0.220 e. The van der Waals surface area contributed by atoms with Gasteiger partial charge in [-0.15, -0.1) is 0 Å². The number of amides is 1. The van der Waals surface area contributed by atoms with Crippen LogP contribution < -0.4 is 15.0 Å². The van der Waals surface area contributed by atoms with E-state index in [4.69, 9.17) is 16.3 Å². The number of carbonyl (C=O) groups is 1. The highest BCUT2D eigenvalue weighted by Crippen LogP contribution is 2.32. The summed E-state index contributed by atoms with van der Waals surface area (Å²) < 4.78 is 32.8. The number of rotatable bonds is 7. The summed E-state index contributed by atoms with van der Waals surface area (Å²) in [6.07, 6.45) is 7.79. The van der Waals surface area contributed by atoms with E-state index >= 15 is 0 Å². The molecule has 12 heteroatoms. The molecule has 2 saturated heterocycles. The van der Waals surface area contributed by atoms with Crippen molar-refractivity contribution in [2.45, 2.75) is 12.8 Å². The van der Waals surface area contributed by atoms with Crippen molar-refractivity contribution in [1.29, 1.82) is 0 Å². The summed E-state index contributed by atoms with van der Waals surface area (Å²) in [5.41, 5.74) is 3.23. The van der Waals surface area contributed by atoms with Crippen LogP contribution in [0.1, 0.15) is 12.8 Å². The van der Waals surface area contributed by atoms with Gasteiger partial charge in [0.1, 0.15) is 11.3 Å². The molecule has 10 nitrogen and oxygen atoms in total. The predicted octanol–water partition coefficient (Wildman–Crippen LogP) is 2.04. The highest BCUT2D eigenvalue weighted by Gasteiger charge is 2.24. The molecule has 186 valence electrons. The van der Waals surface area contributed by atoms with Gasteiger partial charge in [0.15, 0.2) is 0 Å². The fourth-order valence-electron chi connectivity index (χ4n) is 4.52. The maximum atomic E-state index is 11.8. The first-order valence-corrected chi connectivity index (χ1v) is 13.7. The van der Waals surface area contributed by atoms with Crippen LogP contribution in [0.5, 0.6) is 5.75 Å². The van der Waals surface area contributed by atoms with E-state index in [1.54, 1.807) is 16.9 Å². The minimum atomic E-state index is -3.17. The largest absolute Gasteiger partial charge is 0.491 e. The summed E-state index contributed by atoms with van der Waals surface area (Å²) >= 11 is 6.37. The van der Waals surface area contributed by atoms with Crippen molar-refractivity contribution in [2.75, 3.05) is 50.5 Å². The molecular weight excluding hydrogens is 492 g/mol. The summed E-state index contributed by atoms with van der Waals surface area (Å²) in [6, 6.07) is 5.83. The zero-order valence-corrected chi connectivity index (χ0v) is 20.9. The Morgan fingerprint density at radius 3 is 2.66 bits per heavy atom. The molecule has 2 aliphatic rings. The van der Waals surface area contributed by atoms with E-state index in [2.05, 4.69) is 20.3 Å². The summed E-state index contributed by atoms with van der Waals surface area (Å²) in [5.74, 6) is 0.977. The number of carbonyl (C=O) groups excluding carboxylic acids is 1. The van der Waals surface area contributed by atoms with Crippen LogP contribution in [0.25, 0.3) is 16.8 Å². The lowest BCUT2D eigenvalue weighted by atomic mass is 10.1. The average molecular weight is 519 g/mol. The van der Waals surface area contributed by atoms with Gasteiger partial charge >= 0.3 is 0 Å². The van der Waals surface area contributed by atoms with Crippen molar-refractivity contribution >= 4 is 38.7 Å². The summed E-state index contributed by atoms with van der Waals surface area (Å²) in [7, 11) is -3.17. The fourth-order valence-corrected chi connectivity index (χ4v) is 5.57. The third-order valence-electron chi connectivity index (χ3n) is 6.49. The fraction of sp³-hybridized carbons (Fsp3) is 0.435. The highest BCUT2D eigenvalue weighted by molar-refractivity contribution is 7.88. The summed E-state index contributed by atoms with van der Waals surface area (Å²) in [6.45, 7) is 3.31. The molecule has 5 rings (SSSR count). The Hall–Kier alpha value is -2.89. The second-order valence-corrected chi connectivity index (χ2v) is 11.3. The Bertz CT molecular complexity index is 1340. The normalized spacial score (nSPS) is 19.3.